The Kier molecular flexibility index (Phi) is 4.71. The van der Waals surface area contributed by atoms with Crippen LogP contribution in [0.2, 0.25) is 0 Å². The van der Waals surface area contributed by atoms with Crippen LogP contribution < -0.4 is 0 Å². The topological polar surface area (TPSA) is 70.0 Å². The lowest BCUT2D eigenvalue weighted by molar-refractivity contribution is -0.196. The highest BCUT2D eigenvalue weighted by atomic mass is 16.5. The lowest BCUT2D eigenvalue weighted by Gasteiger charge is -2.56. The molecule has 5 nitrogen and oxygen atoms in total. The molecule has 6 atom stereocenters. The van der Waals surface area contributed by atoms with Crippen molar-refractivity contribution in [3.8, 4) is 0 Å². The van der Waals surface area contributed by atoms with Crippen molar-refractivity contribution in [3.05, 3.63) is 35.9 Å². The van der Waals surface area contributed by atoms with Gasteiger partial charge < -0.3 is 14.9 Å². The van der Waals surface area contributed by atoms with Gasteiger partial charge in [0.2, 0.25) is 0 Å². The predicted molar refractivity (Wildman–Crippen MR) is 85.6 cm³/mol. The molecule has 0 spiro atoms. The van der Waals surface area contributed by atoms with Crippen LogP contribution in [0.25, 0.3) is 0 Å². The van der Waals surface area contributed by atoms with E-state index >= 15 is 0 Å². The second-order valence-electron chi connectivity index (χ2n) is 6.52. The smallest absolute Gasteiger partial charge is 0.323 e. The number of ether oxygens (including phenoxy) is 1. The SMILES string of the molecule is CCOC(=O)[C@H]1[C@@H]2CC[C@H]([C@H](O)[C@@H]2O)N1[C@@H](C)c1ccccc1. The molecule has 2 heterocycles. The van der Waals surface area contributed by atoms with Crippen molar-refractivity contribution in [2.24, 2.45) is 5.92 Å². The summed E-state index contributed by atoms with van der Waals surface area (Å²) in [5.74, 6) is -0.573. The van der Waals surface area contributed by atoms with Gasteiger partial charge in [0.05, 0.1) is 18.8 Å². The summed E-state index contributed by atoms with van der Waals surface area (Å²) in [6, 6.07) is 9.20. The molecule has 23 heavy (non-hydrogen) atoms. The van der Waals surface area contributed by atoms with E-state index in [9.17, 15) is 15.0 Å². The van der Waals surface area contributed by atoms with Crippen molar-refractivity contribution < 1.29 is 19.7 Å². The molecule has 2 saturated heterocycles. The zero-order valence-electron chi connectivity index (χ0n) is 13.6. The van der Waals surface area contributed by atoms with Crippen molar-refractivity contribution in [1.29, 1.82) is 0 Å². The molecule has 4 rings (SSSR count). The summed E-state index contributed by atoms with van der Waals surface area (Å²) in [5, 5.41) is 20.8. The highest BCUT2D eigenvalue weighted by molar-refractivity contribution is 5.77. The maximum Gasteiger partial charge on any atom is 0.323 e. The zero-order chi connectivity index (χ0) is 16.6. The highest BCUT2D eigenvalue weighted by Gasteiger charge is 2.56. The molecule has 2 aliphatic heterocycles. The normalized spacial score (nSPS) is 35.0. The molecule has 2 N–H and O–H groups in total. The van der Waals surface area contributed by atoms with E-state index < -0.39 is 18.2 Å². The van der Waals surface area contributed by atoms with Crippen LogP contribution in [0.5, 0.6) is 0 Å². The fourth-order valence-electron chi connectivity index (χ4n) is 4.24. The van der Waals surface area contributed by atoms with Gasteiger partial charge in [-0.2, -0.15) is 0 Å². The third-order valence-electron chi connectivity index (χ3n) is 5.35. The number of carbonyl (C=O) groups is 1. The Balaban J connectivity index is 1.95. The van der Waals surface area contributed by atoms with E-state index in [4.69, 9.17) is 4.74 Å². The average Bonchev–Trinajstić information content (AvgIpc) is 2.58. The quantitative estimate of drug-likeness (QED) is 0.823. The van der Waals surface area contributed by atoms with Crippen LogP contribution in [0.1, 0.15) is 38.3 Å². The Morgan fingerprint density at radius 1 is 1.26 bits per heavy atom. The van der Waals surface area contributed by atoms with E-state index in [-0.39, 0.29) is 24.0 Å². The minimum absolute atomic E-state index is 0.0273. The maximum absolute atomic E-state index is 12.5. The second kappa shape index (κ2) is 6.59. The first kappa shape index (κ1) is 16.4. The van der Waals surface area contributed by atoms with Crippen molar-refractivity contribution in [3.63, 3.8) is 0 Å². The number of carbonyl (C=O) groups excluding carboxylic acids is 1. The molecule has 126 valence electrons. The number of esters is 1. The van der Waals surface area contributed by atoms with Gasteiger partial charge in [0.25, 0.3) is 0 Å². The van der Waals surface area contributed by atoms with Crippen LogP contribution in [0.4, 0.5) is 0 Å². The molecule has 1 saturated carbocycles. The number of hydrogen-bond donors (Lipinski definition) is 2. The van der Waals surface area contributed by atoms with Crippen LogP contribution >= 0.6 is 0 Å². The lowest BCUT2D eigenvalue weighted by Crippen LogP contribution is -2.69. The van der Waals surface area contributed by atoms with Crippen molar-refractivity contribution in [2.45, 2.75) is 57.0 Å². The van der Waals surface area contributed by atoms with Crippen LogP contribution in [0.3, 0.4) is 0 Å². The fraction of sp³-hybridized carbons (Fsp3) is 0.611. The van der Waals surface area contributed by atoms with Crippen LogP contribution in [-0.2, 0) is 9.53 Å². The second-order valence-corrected chi connectivity index (χ2v) is 6.52. The largest absolute Gasteiger partial charge is 0.465 e. The van der Waals surface area contributed by atoms with Gasteiger partial charge in [-0.1, -0.05) is 30.3 Å². The molecule has 0 unspecified atom stereocenters. The Labute approximate surface area is 136 Å². The summed E-state index contributed by atoms with van der Waals surface area (Å²) < 4.78 is 5.26. The first-order valence-electron chi connectivity index (χ1n) is 8.41. The van der Waals surface area contributed by atoms with Gasteiger partial charge in [-0.05, 0) is 32.3 Å². The number of aliphatic hydroxyl groups is 2. The van der Waals surface area contributed by atoms with Gasteiger partial charge >= 0.3 is 5.97 Å². The van der Waals surface area contributed by atoms with E-state index in [1.807, 2.05) is 37.3 Å². The molecular weight excluding hydrogens is 294 g/mol. The summed E-state index contributed by atoms with van der Waals surface area (Å²) in [6.45, 7) is 4.15. The molecule has 1 aromatic rings. The van der Waals surface area contributed by atoms with E-state index in [0.29, 0.717) is 6.61 Å². The Morgan fingerprint density at radius 3 is 2.61 bits per heavy atom. The summed E-state index contributed by atoms with van der Waals surface area (Å²) in [5.41, 5.74) is 1.09. The minimum atomic E-state index is -0.859. The molecule has 5 heteroatoms. The van der Waals surface area contributed by atoms with Crippen molar-refractivity contribution in [1.82, 2.24) is 4.90 Å². The van der Waals surface area contributed by atoms with Gasteiger partial charge in [0.1, 0.15) is 6.04 Å². The Bertz CT molecular complexity index is 549. The van der Waals surface area contributed by atoms with E-state index in [1.54, 1.807) is 6.92 Å². The number of nitrogens with zero attached hydrogens (tertiary/aromatic N) is 1. The summed E-state index contributed by atoms with van der Waals surface area (Å²) in [6.07, 6.45) is -0.145. The standard InChI is InChI=1S/C18H25NO4/c1-3-23-18(22)15-13-9-10-14(17(21)16(13)20)19(15)11(2)12-7-5-4-6-8-12/h4-8,11,13-17,20-21H,3,9-10H2,1-2H3/t11-,13-,14+,15+,16+,17-/m0/s1. The highest BCUT2D eigenvalue weighted by Crippen LogP contribution is 2.44. The first-order valence-corrected chi connectivity index (χ1v) is 8.41. The summed E-state index contributed by atoms with van der Waals surface area (Å²) in [4.78, 5) is 14.6. The molecule has 1 aliphatic carbocycles. The zero-order valence-corrected chi connectivity index (χ0v) is 13.6. The molecule has 0 aromatic heterocycles. The fourth-order valence-corrected chi connectivity index (χ4v) is 4.24. The van der Waals surface area contributed by atoms with Crippen LogP contribution in [-0.4, -0.2) is 52.0 Å². The van der Waals surface area contributed by atoms with E-state index in [0.717, 1.165) is 18.4 Å². The summed E-state index contributed by atoms with van der Waals surface area (Å²) >= 11 is 0. The van der Waals surface area contributed by atoms with Crippen LogP contribution in [0.15, 0.2) is 30.3 Å². The van der Waals surface area contributed by atoms with Gasteiger partial charge in [0.15, 0.2) is 0 Å². The molecule has 3 aliphatic rings. The lowest BCUT2D eigenvalue weighted by atomic mass is 9.70. The van der Waals surface area contributed by atoms with Gasteiger partial charge in [-0.3, -0.25) is 9.69 Å². The molecule has 0 amide bonds. The number of benzene rings is 1. The Hall–Kier alpha value is -1.43. The predicted octanol–water partition coefficient (Wildman–Crippen LogP) is 1.50. The number of aliphatic hydroxyl groups excluding tert-OH is 2. The molecule has 0 radical (unpaired) electrons. The minimum Gasteiger partial charge on any atom is -0.465 e. The third-order valence-corrected chi connectivity index (χ3v) is 5.35. The van der Waals surface area contributed by atoms with Crippen LogP contribution in [0, 0.1) is 5.92 Å². The molecule has 1 aromatic carbocycles. The average molecular weight is 319 g/mol. The maximum atomic E-state index is 12.5. The summed E-state index contributed by atoms with van der Waals surface area (Å²) in [7, 11) is 0. The Morgan fingerprint density at radius 2 is 1.96 bits per heavy atom. The number of rotatable bonds is 4. The van der Waals surface area contributed by atoms with Gasteiger partial charge in [0, 0.05) is 18.0 Å². The monoisotopic (exact) mass is 319 g/mol. The number of fused-ring (bicyclic) bond motifs is 3. The van der Waals surface area contributed by atoms with E-state index in [1.165, 1.54) is 0 Å². The number of piperidine rings is 2. The van der Waals surface area contributed by atoms with Crippen molar-refractivity contribution >= 4 is 5.97 Å². The van der Waals surface area contributed by atoms with Crippen molar-refractivity contribution in [2.75, 3.05) is 6.61 Å². The van der Waals surface area contributed by atoms with Gasteiger partial charge in [-0.25, -0.2) is 0 Å². The molecular formula is C18H25NO4. The molecule has 2 bridgehead atoms. The first-order chi connectivity index (χ1) is 11.1. The van der Waals surface area contributed by atoms with E-state index in [2.05, 4.69) is 4.90 Å². The van der Waals surface area contributed by atoms with Gasteiger partial charge in [-0.15, -0.1) is 0 Å². The number of hydrogen-bond acceptors (Lipinski definition) is 5. The third kappa shape index (κ3) is 2.77. The molecule has 3 fully saturated rings.